The number of ether oxygens (including phenoxy) is 2. The molecule has 6 nitrogen and oxygen atoms in total. The monoisotopic (exact) mass is 511 g/mol. The van der Waals surface area contributed by atoms with Gasteiger partial charge in [0.15, 0.2) is 0 Å². The van der Waals surface area contributed by atoms with Gasteiger partial charge in [-0.2, -0.15) is 0 Å². The molecular weight excluding hydrogens is 492 g/mol. The Morgan fingerprint density at radius 1 is 1.40 bits per heavy atom. The minimum atomic E-state index is -1.00. The van der Waals surface area contributed by atoms with Crippen molar-refractivity contribution in [2.75, 3.05) is 28.6 Å². The molecule has 0 bridgehead atoms. The first-order chi connectivity index (χ1) is 9.41. The van der Waals surface area contributed by atoms with E-state index in [2.05, 4.69) is 45.2 Å². The van der Waals surface area contributed by atoms with Crippen molar-refractivity contribution in [1.82, 2.24) is 4.90 Å². The summed E-state index contributed by atoms with van der Waals surface area (Å²) in [4.78, 5) is 24.3. The smallest absolute Gasteiger partial charge is 0.410 e. The van der Waals surface area contributed by atoms with Crippen molar-refractivity contribution in [3.05, 3.63) is 0 Å². The molecule has 0 spiro atoms. The molecule has 1 N–H and O–H groups in total. The highest BCUT2D eigenvalue weighted by molar-refractivity contribution is 14.1. The topological polar surface area (TPSA) is 76.1 Å². The van der Waals surface area contributed by atoms with Crippen molar-refractivity contribution < 1.29 is 24.2 Å². The first-order valence-electron chi connectivity index (χ1n) is 6.33. The van der Waals surface area contributed by atoms with Gasteiger partial charge in [-0.15, -0.1) is 0 Å². The molecule has 8 heteroatoms. The SMILES string of the molecule is CC(CI)(CI)OC(=O)N1CCCC1COCC(=O)O. The van der Waals surface area contributed by atoms with Gasteiger partial charge >= 0.3 is 12.1 Å². The molecule has 1 atom stereocenters. The molecule has 1 saturated heterocycles. The molecule has 1 heterocycles. The summed E-state index contributed by atoms with van der Waals surface area (Å²) in [7, 11) is 0. The molecule has 116 valence electrons. The number of aliphatic carboxylic acids is 1. The van der Waals surface area contributed by atoms with Crippen LogP contribution in [0.2, 0.25) is 0 Å². The predicted octanol–water partition coefficient (Wildman–Crippen LogP) is 2.32. The predicted molar refractivity (Wildman–Crippen MR) is 90.8 cm³/mol. The van der Waals surface area contributed by atoms with Gasteiger partial charge in [0.05, 0.1) is 12.6 Å². The largest absolute Gasteiger partial charge is 0.480 e. The molecule has 0 aromatic heterocycles. The number of carbonyl (C=O) groups excluding carboxylic acids is 1. The molecule has 0 saturated carbocycles. The van der Waals surface area contributed by atoms with Gasteiger partial charge in [-0.3, -0.25) is 0 Å². The zero-order valence-electron chi connectivity index (χ0n) is 11.3. The highest BCUT2D eigenvalue weighted by Crippen LogP contribution is 2.23. The van der Waals surface area contributed by atoms with E-state index in [-0.39, 0.29) is 25.3 Å². The lowest BCUT2D eigenvalue weighted by molar-refractivity contribution is -0.142. The zero-order chi connectivity index (χ0) is 15.2. The average Bonchev–Trinajstić information content (AvgIpc) is 2.86. The van der Waals surface area contributed by atoms with Gasteiger partial charge in [0.25, 0.3) is 0 Å². The molecule has 0 aromatic rings. The van der Waals surface area contributed by atoms with E-state index in [0.29, 0.717) is 6.54 Å². The van der Waals surface area contributed by atoms with E-state index >= 15 is 0 Å². The van der Waals surface area contributed by atoms with Crippen LogP contribution in [0.15, 0.2) is 0 Å². The van der Waals surface area contributed by atoms with Crippen LogP contribution in [0.4, 0.5) is 4.79 Å². The minimum absolute atomic E-state index is 0.0884. The third kappa shape index (κ3) is 5.51. The molecule has 1 amide bonds. The van der Waals surface area contributed by atoms with Crippen molar-refractivity contribution >= 4 is 57.2 Å². The van der Waals surface area contributed by atoms with E-state index in [9.17, 15) is 9.59 Å². The molecule has 0 radical (unpaired) electrons. The molecule has 1 unspecified atom stereocenters. The van der Waals surface area contributed by atoms with E-state index in [1.165, 1.54) is 0 Å². The van der Waals surface area contributed by atoms with E-state index in [1.54, 1.807) is 4.90 Å². The number of carboxylic acids is 1. The summed E-state index contributed by atoms with van der Waals surface area (Å²) < 4.78 is 12.1. The van der Waals surface area contributed by atoms with E-state index in [1.807, 2.05) is 6.92 Å². The highest BCUT2D eigenvalue weighted by Gasteiger charge is 2.34. The lowest BCUT2D eigenvalue weighted by Gasteiger charge is -2.30. The molecule has 1 aliphatic heterocycles. The summed E-state index contributed by atoms with van der Waals surface area (Å²) in [5, 5.41) is 8.55. The minimum Gasteiger partial charge on any atom is -0.480 e. The van der Waals surface area contributed by atoms with Crippen molar-refractivity contribution in [3.8, 4) is 0 Å². The van der Waals surface area contributed by atoms with Gasteiger partial charge in [0.1, 0.15) is 12.2 Å². The van der Waals surface area contributed by atoms with Gasteiger partial charge in [0.2, 0.25) is 0 Å². The Bertz CT molecular complexity index is 349. The lowest BCUT2D eigenvalue weighted by Crippen LogP contribution is -2.45. The van der Waals surface area contributed by atoms with Crippen LogP contribution >= 0.6 is 45.2 Å². The first kappa shape index (κ1) is 18.2. The van der Waals surface area contributed by atoms with Gasteiger partial charge in [-0.05, 0) is 19.8 Å². The maximum Gasteiger partial charge on any atom is 0.410 e. The summed E-state index contributed by atoms with van der Waals surface area (Å²) in [5.74, 6) is -1.00. The molecular formula is C12H19I2NO5. The van der Waals surface area contributed by atoms with Gasteiger partial charge in [-0.1, -0.05) is 45.2 Å². The second-order valence-electron chi connectivity index (χ2n) is 4.98. The second kappa shape index (κ2) is 8.57. The van der Waals surface area contributed by atoms with Crippen molar-refractivity contribution in [2.45, 2.75) is 31.4 Å². The Hall–Kier alpha value is 0.160. The molecule has 1 aliphatic rings. The number of carbonyl (C=O) groups is 2. The second-order valence-corrected chi connectivity index (χ2v) is 6.51. The number of nitrogens with zero attached hydrogens (tertiary/aromatic N) is 1. The number of hydrogen-bond donors (Lipinski definition) is 1. The van der Waals surface area contributed by atoms with Crippen LogP contribution in [-0.4, -0.2) is 62.3 Å². The van der Waals surface area contributed by atoms with E-state index in [4.69, 9.17) is 14.6 Å². The van der Waals surface area contributed by atoms with Crippen LogP contribution in [-0.2, 0) is 14.3 Å². The molecule has 1 rings (SSSR count). The number of amides is 1. The standard InChI is InChI=1S/C12H19I2NO5/c1-12(7-13,8-14)20-11(18)15-4-2-3-9(15)5-19-6-10(16)17/h9H,2-8H2,1H3,(H,16,17). The fraction of sp³-hybridized carbons (Fsp3) is 0.833. The van der Waals surface area contributed by atoms with Gasteiger partial charge < -0.3 is 19.5 Å². The van der Waals surface area contributed by atoms with E-state index < -0.39 is 11.6 Å². The van der Waals surface area contributed by atoms with E-state index in [0.717, 1.165) is 21.7 Å². The van der Waals surface area contributed by atoms with Gasteiger partial charge in [0, 0.05) is 15.4 Å². The Morgan fingerprint density at radius 2 is 2.05 bits per heavy atom. The van der Waals surface area contributed by atoms with Crippen LogP contribution in [0, 0.1) is 0 Å². The summed E-state index contributed by atoms with van der Waals surface area (Å²) in [6, 6.07) is -0.0884. The van der Waals surface area contributed by atoms with Crippen LogP contribution in [0.25, 0.3) is 0 Å². The molecule has 0 aromatic carbocycles. The third-order valence-corrected chi connectivity index (χ3v) is 6.27. The van der Waals surface area contributed by atoms with Crippen LogP contribution in [0.1, 0.15) is 19.8 Å². The third-order valence-electron chi connectivity index (χ3n) is 3.05. The fourth-order valence-corrected chi connectivity index (χ4v) is 3.77. The van der Waals surface area contributed by atoms with Crippen molar-refractivity contribution in [3.63, 3.8) is 0 Å². The van der Waals surface area contributed by atoms with Crippen molar-refractivity contribution in [1.29, 1.82) is 0 Å². The Kier molecular flexibility index (Phi) is 7.80. The van der Waals surface area contributed by atoms with Crippen LogP contribution in [0.3, 0.4) is 0 Å². The molecule has 0 aliphatic carbocycles. The number of halogens is 2. The molecule has 20 heavy (non-hydrogen) atoms. The Labute approximate surface area is 145 Å². The van der Waals surface area contributed by atoms with Crippen LogP contribution in [0.5, 0.6) is 0 Å². The maximum atomic E-state index is 12.2. The summed E-state index contributed by atoms with van der Waals surface area (Å²) in [6.45, 7) is 2.46. The quantitative estimate of drug-likeness (QED) is 0.420. The normalized spacial score (nSPS) is 19.1. The summed E-state index contributed by atoms with van der Waals surface area (Å²) in [6.07, 6.45) is 1.38. The summed E-state index contributed by atoms with van der Waals surface area (Å²) >= 11 is 4.41. The van der Waals surface area contributed by atoms with Crippen molar-refractivity contribution in [2.24, 2.45) is 0 Å². The Morgan fingerprint density at radius 3 is 2.60 bits per heavy atom. The number of carboxylic acid groups (broad SMARTS) is 1. The number of alkyl halides is 2. The number of likely N-dealkylation sites (tertiary alicyclic amines) is 1. The fourth-order valence-electron chi connectivity index (χ4n) is 1.89. The lowest BCUT2D eigenvalue weighted by atomic mass is 10.2. The Balaban J connectivity index is 2.51. The highest BCUT2D eigenvalue weighted by atomic mass is 127. The number of rotatable bonds is 7. The first-order valence-corrected chi connectivity index (χ1v) is 9.38. The zero-order valence-corrected chi connectivity index (χ0v) is 15.6. The molecule has 1 fully saturated rings. The maximum absolute atomic E-state index is 12.2. The number of hydrogen-bond acceptors (Lipinski definition) is 4. The van der Waals surface area contributed by atoms with Gasteiger partial charge in [-0.25, -0.2) is 9.59 Å². The average molecular weight is 511 g/mol. The summed E-state index contributed by atoms with van der Waals surface area (Å²) in [5.41, 5.74) is -0.465. The van der Waals surface area contributed by atoms with Crippen LogP contribution < -0.4 is 0 Å².